The molecule has 0 saturated heterocycles. The molecular formula is C33H49N3O. The molecular weight excluding hydrogens is 454 g/mol. The molecule has 0 atom stereocenters. The lowest BCUT2D eigenvalue weighted by atomic mass is 9.79. The molecule has 0 unspecified atom stereocenters. The molecule has 2 saturated carbocycles. The Morgan fingerprint density at radius 2 is 1.81 bits per heavy atom. The number of carbonyl (C=O) groups excluding carboxylic acids is 1. The minimum atomic E-state index is 0.313. The third-order valence-electron chi connectivity index (χ3n) is 8.90. The highest BCUT2D eigenvalue weighted by molar-refractivity contribution is 5.84. The summed E-state index contributed by atoms with van der Waals surface area (Å²) in [6, 6.07) is 7.11. The van der Waals surface area contributed by atoms with Crippen LogP contribution < -0.4 is 0 Å². The molecule has 1 aromatic carbocycles. The molecule has 2 aliphatic carbocycles. The van der Waals surface area contributed by atoms with Gasteiger partial charge in [0.15, 0.2) is 0 Å². The molecule has 0 bridgehead atoms. The fraction of sp³-hybridized carbons (Fsp3) is 0.636. The number of imidazole rings is 1. The second kappa shape index (κ2) is 13.4. The van der Waals surface area contributed by atoms with Gasteiger partial charge in [-0.1, -0.05) is 63.3 Å². The number of hydrogen-bond donors (Lipinski definition) is 0. The van der Waals surface area contributed by atoms with Gasteiger partial charge in [0.05, 0.1) is 11.0 Å². The smallest absolute Gasteiger partial charge is 0.224 e. The van der Waals surface area contributed by atoms with E-state index in [9.17, 15) is 4.79 Å². The van der Waals surface area contributed by atoms with Gasteiger partial charge in [-0.15, -0.1) is 0 Å². The van der Waals surface area contributed by atoms with Crippen molar-refractivity contribution >= 4 is 22.5 Å². The van der Waals surface area contributed by atoms with Gasteiger partial charge in [0.1, 0.15) is 5.82 Å². The summed E-state index contributed by atoms with van der Waals surface area (Å²) in [6.45, 7) is 10.2. The van der Waals surface area contributed by atoms with Crippen molar-refractivity contribution in [2.24, 2.45) is 5.92 Å². The summed E-state index contributed by atoms with van der Waals surface area (Å²) in [5.41, 5.74) is 4.69. The number of fused-ring (bicyclic) bond motifs is 1. The summed E-state index contributed by atoms with van der Waals surface area (Å²) < 4.78 is 2.42. The standard InChI is InChI=1S/C33H49N3O/c1-5-12-25-16-18-27(19-17-25)33-34-30-21-20-28(26(7-3)13-6-2)24-31(30)36(33)23-22-32(37)35(8-4)29-14-10-9-11-15-29/h6-7,13,20-21,24-25,27,29H,5,8-12,14-19,22-23H2,1-4H3/b13-6-,26-7+/t25-,27-. The summed E-state index contributed by atoms with van der Waals surface area (Å²) >= 11 is 0. The first-order valence-corrected chi connectivity index (χ1v) is 15.2. The van der Waals surface area contributed by atoms with Crippen molar-refractivity contribution in [2.45, 2.75) is 123 Å². The molecule has 202 valence electrons. The van der Waals surface area contributed by atoms with Crippen molar-refractivity contribution in [3.05, 3.63) is 47.8 Å². The maximum absolute atomic E-state index is 13.5. The van der Waals surface area contributed by atoms with Gasteiger partial charge >= 0.3 is 0 Å². The minimum Gasteiger partial charge on any atom is -0.340 e. The van der Waals surface area contributed by atoms with Gasteiger partial charge in [-0.3, -0.25) is 4.79 Å². The highest BCUT2D eigenvalue weighted by atomic mass is 16.2. The zero-order chi connectivity index (χ0) is 26.2. The number of benzene rings is 1. The van der Waals surface area contributed by atoms with E-state index in [0.29, 0.717) is 24.3 Å². The predicted octanol–water partition coefficient (Wildman–Crippen LogP) is 8.66. The van der Waals surface area contributed by atoms with Crippen LogP contribution in [0.15, 0.2) is 36.4 Å². The van der Waals surface area contributed by atoms with Crippen LogP contribution in [0.1, 0.15) is 122 Å². The molecule has 1 amide bonds. The normalized spacial score (nSPS) is 21.7. The molecule has 1 aromatic heterocycles. The SMILES string of the molecule is C/C=C\C(=C/C)c1ccc2nc([C@H]3CC[C@H](CCC)CC3)n(CCC(=O)N(CC)C3CCCCC3)c2c1. The van der Waals surface area contributed by atoms with E-state index in [2.05, 4.69) is 73.6 Å². The number of nitrogens with zero attached hydrogens (tertiary/aromatic N) is 3. The van der Waals surface area contributed by atoms with E-state index in [4.69, 9.17) is 4.98 Å². The largest absolute Gasteiger partial charge is 0.340 e. The first-order valence-electron chi connectivity index (χ1n) is 15.2. The Morgan fingerprint density at radius 3 is 2.46 bits per heavy atom. The van der Waals surface area contributed by atoms with E-state index >= 15 is 0 Å². The summed E-state index contributed by atoms with van der Waals surface area (Å²) in [7, 11) is 0. The zero-order valence-electron chi connectivity index (χ0n) is 23.8. The predicted molar refractivity (Wildman–Crippen MR) is 157 cm³/mol. The quantitative estimate of drug-likeness (QED) is 0.304. The molecule has 1 heterocycles. The number of allylic oxidation sites excluding steroid dienone is 4. The summed E-state index contributed by atoms with van der Waals surface area (Å²) in [5, 5.41) is 0. The van der Waals surface area contributed by atoms with Gasteiger partial charge in [0.2, 0.25) is 5.91 Å². The first kappa shape index (κ1) is 27.7. The lowest BCUT2D eigenvalue weighted by Crippen LogP contribution is -2.41. The summed E-state index contributed by atoms with van der Waals surface area (Å²) in [5.74, 6) is 2.90. The number of aromatic nitrogens is 2. The molecule has 2 aromatic rings. The Hall–Kier alpha value is -2.36. The van der Waals surface area contributed by atoms with Crippen molar-refractivity contribution in [2.75, 3.05) is 6.54 Å². The second-order valence-electron chi connectivity index (χ2n) is 11.3. The van der Waals surface area contributed by atoms with Gasteiger partial charge in [0.25, 0.3) is 0 Å². The van der Waals surface area contributed by atoms with Crippen molar-refractivity contribution in [1.29, 1.82) is 0 Å². The maximum Gasteiger partial charge on any atom is 0.224 e. The molecule has 2 aliphatic rings. The third-order valence-corrected chi connectivity index (χ3v) is 8.90. The number of carbonyl (C=O) groups is 1. The Bertz CT molecular complexity index is 1080. The van der Waals surface area contributed by atoms with Crippen LogP contribution in [0.25, 0.3) is 16.6 Å². The number of amides is 1. The number of hydrogen-bond acceptors (Lipinski definition) is 2. The average Bonchev–Trinajstić information content (AvgIpc) is 3.30. The molecule has 0 radical (unpaired) electrons. The van der Waals surface area contributed by atoms with Crippen LogP contribution in [0, 0.1) is 5.92 Å². The van der Waals surface area contributed by atoms with Crippen molar-refractivity contribution < 1.29 is 4.79 Å². The van der Waals surface area contributed by atoms with Crippen LogP contribution in [0.4, 0.5) is 0 Å². The maximum atomic E-state index is 13.5. The Labute approximate surface area is 225 Å². The summed E-state index contributed by atoms with van der Waals surface area (Å²) in [6.07, 6.45) is 20.9. The monoisotopic (exact) mass is 503 g/mol. The third kappa shape index (κ3) is 6.56. The fourth-order valence-electron chi connectivity index (χ4n) is 6.91. The van der Waals surface area contributed by atoms with E-state index in [1.165, 1.54) is 93.1 Å². The Morgan fingerprint density at radius 1 is 1.05 bits per heavy atom. The average molecular weight is 504 g/mol. The molecule has 0 N–H and O–H groups in total. The van der Waals surface area contributed by atoms with Crippen molar-refractivity contribution in [3.63, 3.8) is 0 Å². The van der Waals surface area contributed by atoms with Crippen LogP contribution in [-0.4, -0.2) is 32.9 Å². The van der Waals surface area contributed by atoms with Crippen LogP contribution in [0.3, 0.4) is 0 Å². The van der Waals surface area contributed by atoms with Crippen LogP contribution in [0.5, 0.6) is 0 Å². The second-order valence-corrected chi connectivity index (χ2v) is 11.3. The lowest BCUT2D eigenvalue weighted by molar-refractivity contribution is -0.134. The zero-order valence-corrected chi connectivity index (χ0v) is 23.8. The van der Waals surface area contributed by atoms with Crippen molar-refractivity contribution in [1.82, 2.24) is 14.5 Å². The molecule has 4 rings (SSSR count). The number of rotatable bonds is 10. The Kier molecular flexibility index (Phi) is 10.1. The van der Waals surface area contributed by atoms with Crippen molar-refractivity contribution in [3.8, 4) is 0 Å². The lowest BCUT2D eigenvalue weighted by Gasteiger charge is -2.34. The molecule has 4 nitrogen and oxygen atoms in total. The fourth-order valence-corrected chi connectivity index (χ4v) is 6.91. The van der Waals surface area contributed by atoms with Gasteiger partial charge < -0.3 is 9.47 Å². The van der Waals surface area contributed by atoms with Gasteiger partial charge in [-0.05, 0) is 88.5 Å². The van der Waals surface area contributed by atoms with Crippen LogP contribution in [0.2, 0.25) is 0 Å². The highest BCUT2D eigenvalue weighted by Crippen LogP contribution is 2.38. The van der Waals surface area contributed by atoms with Gasteiger partial charge in [-0.25, -0.2) is 4.98 Å². The van der Waals surface area contributed by atoms with E-state index < -0.39 is 0 Å². The molecule has 2 fully saturated rings. The molecule has 4 heteroatoms. The summed E-state index contributed by atoms with van der Waals surface area (Å²) in [4.78, 5) is 20.9. The van der Waals surface area contributed by atoms with Crippen LogP contribution >= 0.6 is 0 Å². The van der Waals surface area contributed by atoms with E-state index in [1.807, 2.05) is 0 Å². The molecule has 0 spiro atoms. The Balaban J connectivity index is 1.62. The topological polar surface area (TPSA) is 38.1 Å². The number of aryl methyl sites for hydroxylation is 1. The van der Waals surface area contributed by atoms with E-state index in [0.717, 1.165) is 24.5 Å². The van der Waals surface area contributed by atoms with Gasteiger partial charge in [0, 0.05) is 31.5 Å². The van der Waals surface area contributed by atoms with E-state index in [1.54, 1.807) is 0 Å². The van der Waals surface area contributed by atoms with E-state index in [-0.39, 0.29) is 0 Å². The highest BCUT2D eigenvalue weighted by Gasteiger charge is 2.28. The molecule has 37 heavy (non-hydrogen) atoms. The first-order chi connectivity index (χ1) is 18.1. The van der Waals surface area contributed by atoms with Crippen LogP contribution in [-0.2, 0) is 11.3 Å². The molecule has 0 aliphatic heterocycles. The van der Waals surface area contributed by atoms with Gasteiger partial charge in [-0.2, -0.15) is 0 Å². The minimum absolute atomic E-state index is 0.313.